The van der Waals surface area contributed by atoms with Crippen LogP contribution in [-0.2, 0) is 0 Å². The molecule has 4 rings (SSSR count). The first kappa shape index (κ1) is 14.6. The van der Waals surface area contributed by atoms with E-state index < -0.39 is 24.4 Å². The summed E-state index contributed by atoms with van der Waals surface area (Å²) >= 11 is 0. The van der Waals surface area contributed by atoms with Crippen LogP contribution in [0.3, 0.4) is 0 Å². The van der Waals surface area contributed by atoms with E-state index in [0.717, 1.165) is 27.1 Å². The van der Waals surface area contributed by atoms with Gasteiger partial charge in [-0.15, -0.1) is 0 Å². The number of benzene rings is 3. The van der Waals surface area contributed by atoms with E-state index >= 15 is 0 Å². The number of rotatable bonds is 0. The Labute approximate surface area is 133 Å². The highest BCUT2D eigenvalue weighted by Gasteiger charge is 2.40. The van der Waals surface area contributed by atoms with Crippen molar-refractivity contribution in [3.63, 3.8) is 0 Å². The highest BCUT2D eigenvalue weighted by Crippen LogP contribution is 2.43. The van der Waals surface area contributed by atoms with Gasteiger partial charge in [-0.3, -0.25) is 0 Å². The lowest BCUT2D eigenvalue weighted by atomic mass is 9.79. The zero-order chi connectivity index (χ0) is 16.3. The summed E-state index contributed by atoms with van der Waals surface area (Å²) in [4.78, 5) is 0. The van der Waals surface area contributed by atoms with Crippen LogP contribution in [0.5, 0.6) is 0 Å². The van der Waals surface area contributed by atoms with Crippen molar-refractivity contribution in [2.45, 2.75) is 31.3 Å². The van der Waals surface area contributed by atoms with Crippen molar-refractivity contribution >= 4 is 21.5 Å². The molecule has 0 saturated heterocycles. The topological polar surface area (TPSA) is 80.9 Å². The Bertz CT molecular complexity index is 918. The maximum Gasteiger partial charge on any atom is 0.113 e. The summed E-state index contributed by atoms with van der Waals surface area (Å²) < 4.78 is 0. The third-order valence-electron chi connectivity index (χ3n) is 4.91. The van der Waals surface area contributed by atoms with Gasteiger partial charge in [0.25, 0.3) is 0 Å². The molecular weight excluding hydrogens is 292 g/mol. The molecule has 4 unspecified atom stereocenters. The van der Waals surface area contributed by atoms with Crippen LogP contribution in [0, 0.1) is 6.92 Å². The molecule has 0 saturated carbocycles. The lowest BCUT2D eigenvalue weighted by molar-refractivity contribution is -0.119. The summed E-state index contributed by atoms with van der Waals surface area (Å²) in [7, 11) is 0. The molecule has 0 bridgehead atoms. The molecule has 0 amide bonds. The third kappa shape index (κ3) is 1.93. The van der Waals surface area contributed by atoms with E-state index in [4.69, 9.17) is 0 Å². The van der Waals surface area contributed by atoms with Gasteiger partial charge in [0, 0.05) is 0 Å². The largest absolute Gasteiger partial charge is 0.387 e. The Balaban J connectivity index is 2.16. The number of aryl methyl sites for hydroxylation is 1. The number of fused-ring (bicyclic) bond motifs is 5. The van der Waals surface area contributed by atoms with Crippen molar-refractivity contribution in [1.29, 1.82) is 0 Å². The number of hydrogen-bond donors (Lipinski definition) is 4. The van der Waals surface area contributed by atoms with E-state index in [9.17, 15) is 20.4 Å². The zero-order valence-corrected chi connectivity index (χ0v) is 12.6. The summed E-state index contributed by atoms with van der Waals surface area (Å²) in [6, 6.07) is 13.7. The normalized spacial score (nSPS) is 27.3. The van der Waals surface area contributed by atoms with Crippen LogP contribution in [0.25, 0.3) is 21.5 Å². The van der Waals surface area contributed by atoms with Crippen LogP contribution in [-0.4, -0.2) is 32.6 Å². The molecule has 3 aromatic rings. The average Bonchev–Trinajstić information content (AvgIpc) is 2.57. The minimum absolute atomic E-state index is 0.473. The quantitative estimate of drug-likeness (QED) is 0.479. The Morgan fingerprint density at radius 1 is 0.783 bits per heavy atom. The van der Waals surface area contributed by atoms with Gasteiger partial charge in [0.15, 0.2) is 0 Å². The molecule has 4 nitrogen and oxygen atoms in total. The second-order valence-electron chi connectivity index (χ2n) is 6.28. The molecular formula is C19H18O4. The van der Waals surface area contributed by atoms with Crippen molar-refractivity contribution in [2.24, 2.45) is 0 Å². The zero-order valence-electron chi connectivity index (χ0n) is 12.6. The van der Waals surface area contributed by atoms with Gasteiger partial charge in [-0.2, -0.15) is 0 Å². The van der Waals surface area contributed by atoms with E-state index in [1.54, 1.807) is 6.07 Å². The summed E-state index contributed by atoms with van der Waals surface area (Å²) in [6.07, 6.45) is -5.24. The molecule has 4 atom stereocenters. The summed E-state index contributed by atoms with van der Waals surface area (Å²) in [5.74, 6) is 0. The lowest BCUT2D eigenvalue weighted by Gasteiger charge is -2.35. The molecule has 0 heterocycles. The van der Waals surface area contributed by atoms with Crippen LogP contribution >= 0.6 is 0 Å². The first-order valence-electron chi connectivity index (χ1n) is 7.68. The number of aliphatic hydroxyl groups excluding tert-OH is 4. The van der Waals surface area contributed by atoms with Crippen molar-refractivity contribution in [3.05, 3.63) is 59.2 Å². The molecule has 0 aromatic heterocycles. The molecule has 0 radical (unpaired) electrons. The molecule has 23 heavy (non-hydrogen) atoms. The second kappa shape index (κ2) is 5.01. The fraction of sp³-hybridized carbons (Fsp3) is 0.263. The Hall–Kier alpha value is -1.98. The van der Waals surface area contributed by atoms with Gasteiger partial charge in [0.2, 0.25) is 0 Å². The van der Waals surface area contributed by atoms with Gasteiger partial charge in [-0.1, -0.05) is 42.5 Å². The molecule has 3 aromatic carbocycles. The van der Waals surface area contributed by atoms with Crippen LogP contribution in [0.15, 0.2) is 42.5 Å². The van der Waals surface area contributed by atoms with Gasteiger partial charge in [0.05, 0.1) is 0 Å². The third-order valence-corrected chi connectivity index (χ3v) is 4.91. The van der Waals surface area contributed by atoms with E-state index in [2.05, 4.69) is 0 Å². The molecule has 0 fully saturated rings. The monoisotopic (exact) mass is 310 g/mol. The van der Waals surface area contributed by atoms with Crippen molar-refractivity contribution in [2.75, 3.05) is 0 Å². The molecule has 0 spiro atoms. The average molecular weight is 310 g/mol. The molecule has 0 aliphatic heterocycles. The molecule has 4 heteroatoms. The Morgan fingerprint density at radius 2 is 1.48 bits per heavy atom. The van der Waals surface area contributed by atoms with Gasteiger partial charge in [-0.25, -0.2) is 0 Å². The minimum Gasteiger partial charge on any atom is -0.387 e. The van der Waals surface area contributed by atoms with Gasteiger partial charge < -0.3 is 20.4 Å². The van der Waals surface area contributed by atoms with Crippen LogP contribution in [0.4, 0.5) is 0 Å². The maximum absolute atomic E-state index is 10.5. The maximum atomic E-state index is 10.5. The van der Waals surface area contributed by atoms with Crippen LogP contribution < -0.4 is 0 Å². The fourth-order valence-corrected chi connectivity index (χ4v) is 3.76. The van der Waals surface area contributed by atoms with Gasteiger partial charge in [-0.05, 0) is 45.2 Å². The standard InChI is InChI=1S/C19H18O4/c1-9-8-10-4-2-3-5-11(10)12-6-7-13-15(14(9)12)17(21)19(23)18(22)16(13)20/h2-8,16-23H,1H3. The predicted molar refractivity (Wildman–Crippen MR) is 88.1 cm³/mol. The number of hydrogen-bond acceptors (Lipinski definition) is 4. The highest BCUT2D eigenvalue weighted by atomic mass is 16.4. The number of aliphatic hydroxyl groups is 4. The lowest BCUT2D eigenvalue weighted by Crippen LogP contribution is -2.41. The summed E-state index contributed by atoms with van der Waals surface area (Å²) in [6.45, 7) is 1.95. The van der Waals surface area contributed by atoms with Gasteiger partial charge >= 0.3 is 0 Å². The SMILES string of the molecule is Cc1cc2ccccc2c2ccc3c(c12)C(O)C(O)C(O)C3O. The fourth-order valence-electron chi connectivity index (χ4n) is 3.76. The molecule has 1 aliphatic rings. The van der Waals surface area contributed by atoms with Crippen molar-refractivity contribution in [3.8, 4) is 0 Å². The van der Waals surface area contributed by atoms with Crippen molar-refractivity contribution < 1.29 is 20.4 Å². The van der Waals surface area contributed by atoms with E-state index in [1.807, 2.05) is 43.3 Å². The van der Waals surface area contributed by atoms with Gasteiger partial charge in [0.1, 0.15) is 24.4 Å². The first-order chi connectivity index (χ1) is 11.0. The Kier molecular flexibility index (Phi) is 3.18. The van der Waals surface area contributed by atoms with Crippen molar-refractivity contribution in [1.82, 2.24) is 0 Å². The summed E-state index contributed by atoms with van der Waals surface area (Å²) in [5, 5.41) is 44.7. The first-order valence-corrected chi connectivity index (χ1v) is 7.68. The second-order valence-corrected chi connectivity index (χ2v) is 6.28. The van der Waals surface area contributed by atoms with Crippen LogP contribution in [0.1, 0.15) is 28.9 Å². The predicted octanol–water partition coefficient (Wildman–Crippen LogP) is 2.10. The summed E-state index contributed by atoms with van der Waals surface area (Å²) in [5.41, 5.74) is 1.95. The van der Waals surface area contributed by atoms with E-state index in [1.165, 1.54) is 0 Å². The minimum atomic E-state index is -1.41. The molecule has 118 valence electrons. The smallest absolute Gasteiger partial charge is 0.113 e. The Morgan fingerprint density at radius 3 is 2.26 bits per heavy atom. The van der Waals surface area contributed by atoms with E-state index in [-0.39, 0.29) is 0 Å². The highest BCUT2D eigenvalue weighted by molar-refractivity contribution is 6.10. The molecule has 1 aliphatic carbocycles. The van der Waals surface area contributed by atoms with Crippen LogP contribution in [0.2, 0.25) is 0 Å². The molecule has 4 N–H and O–H groups in total. The van der Waals surface area contributed by atoms with E-state index in [0.29, 0.717) is 11.1 Å².